The van der Waals surface area contributed by atoms with Crippen LogP contribution in [0.3, 0.4) is 0 Å². The van der Waals surface area contributed by atoms with E-state index in [1.165, 1.54) is 16.4 Å². The molecule has 1 aliphatic heterocycles. The number of hydrogen-bond donors (Lipinski definition) is 0. The highest BCUT2D eigenvalue weighted by Gasteiger charge is 2.34. The Labute approximate surface area is 186 Å². The average molecular weight is 472 g/mol. The molecule has 0 atom stereocenters. The summed E-state index contributed by atoms with van der Waals surface area (Å²) >= 11 is 12.1. The van der Waals surface area contributed by atoms with E-state index in [0.29, 0.717) is 12.8 Å². The molecule has 0 bridgehead atoms. The second kappa shape index (κ2) is 10.0. The molecule has 6 nitrogen and oxygen atoms in total. The van der Waals surface area contributed by atoms with E-state index in [0.717, 1.165) is 11.3 Å². The number of aryl methyl sites for hydroxylation is 1. The Morgan fingerprint density at radius 2 is 1.67 bits per heavy atom. The van der Waals surface area contributed by atoms with Crippen molar-refractivity contribution in [3.8, 4) is 5.75 Å². The Kier molecular flexibility index (Phi) is 7.63. The van der Waals surface area contributed by atoms with Crippen LogP contribution >= 0.6 is 23.2 Å². The molecule has 1 saturated heterocycles. The van der Waals surface area contributed by atoms with E-state index in [1.807, 2.05) is 31.2 Å². The van der Waals surface area contributed by atoms with Gasteiger partial charge in [-0.2, -0.15) is 4.31 Å². The van der Waals surface area contributed by atoms with Gasteiger partial charge in [-0.05, 0) is 43.5 Å². The summed E-state index contributed by atoms with van der Waals surface area (Å²) < 4.78 is 38.0. The van der Waals surface area contributed by atoms with E-state index < -0.39 is 10.0 Å². The van der Waals surface area contributed by atoms with Gasteiger partial charge in [0.2, 0.25) is 10.0 Å². The van der Waals surface area contributed by atoms with Gasteiger partial charge in [0.15, 0.2) is 0 Å². The zero-order valence-electron chi connectivity index (χ0n) is 16.5. The van der Waals surface area contributed by atoms with Gasteiger partial charge in [0.05, 0.1) is 16.0 Å². The number of sulfonamides is 1. The van der Waals surface area contributed by atoms with Crippen LogP contribution in [0.25, 0.3) is 0 Å². The number of rotatable bonds is 7. The van der Waals surface area contributed by atoms with Crippen molar-refractivity contribution in [2.75, 3.05) is 26.3 Å². The number of carbonyl (C=O) groups is 1. The van der Waals surface area contributed by atoms with Gasteiger partial charge in [-0.3, -0.25) is 4.79 Å². The zero-order chi connectivity index (χ0) is 21.7. The third-order valence-electron chi connectivity index (χ3n) is 4.98. The predicted octanol–water partition coefficient (Wildman–Crippen LogP) is 4.32. The fourth-order valence-corrected chi connectivity index (χ4v) is 5.88. The highest BCUT2D eigenvalue weighted by molar-refractivity contribution is 7.89. The standard InChI is InChI=1S/C21H23Cl2NO5S/c1-15-5-2-3-8-19(15)28-13-14-29-21(25)16-9-11-24(12-10-16)30(26,27)20-17(22)6-4-7-18(20)23/h2-8,16H,9-14H2,1H3. The quantitative estimate of drug-likeness (QED) is 0.443. The van der Waals surface area contributed by atoms with Crippen LogP contribution in [0.1, 0.15) is 18.4 Å². The first-order valence-electron chi connectivity index (χ1n) is 9.60. The molecular formula is C21H23Cl2NO5S. The van der Waals surface area contributed by atoms with Crippen LogP contribution in [0.2, 0.25) is 10.0 Å². The monoisotopic (exact) mass is 471 g/mol. The number of carbonyl (C=O) groups excluding carboxylic acids is 1. The summed E-state index contributed by atoms with van der Waals surface area (Å²) in [6.45, 7) is 2.74. The molecule has 1 fully saturated rings. The van der Waals surface area contributed by atoms with Crippen molar-refractivity contribution in [3.05, 3.63) is 58.1 Å². The number of esters is 1. The van der Waals surface area contributed by atoms with Gasteiger partial charge in [0, 0.05) is 13.1 Å². The normalized spacial score (nSPS) is 15.7. The zero-order valence-corrected chi connectivity index (χ0v) is 18.8. The highest BCUT2D eigenvalue weighted by atomic mass is 35.5. The van der Waals surface area contributed by atoms with E-state index in [4.69, 9.17) is 32.7 Å². The van der Waals surface area contributed by atoms with Gasteiger partial charge in [0.1, 0.15) is 23.9 Å². The van der Waals surface area contributed by atoms with Gasteiger partial charge in [0.25, 0.3) is 0 Å². The topological polar surface area (TPSA) is 72.9 Å². The fourth-order valence-electron chi connectivity index (χ4n) is 3.32. The summed E-state index contributed by atoms with van der Waals surface area (Å²) in [6, 6.07) is 12.2. The Morgan fingerprint density at radius 3 is 2.30 bits per heavy atom. The number of para-hydroxylation sites is 1. The molecule has 0 aliphatic carbocycles. The Balaban J connectivity index is 1.49. The number of piperidine rings is 1. The Morgan fingerprint density at radius 1 is 1.03 bits per heavy atom. The number of halogens is 2. The summed E-state index contributed by atoms with van der Waals surface area (Å²) in [5.74, 6) is 0.0677. The third-order valence-corrected chi connectivity index (χ3v) is 7.84. The molecule has 1 heterocycles. The van der Waals surface area contributed by atoms with Crippen LogP contribution in [0, 0.1) is 12.8 Å². The third kappa shape index (κ3) is 5.27. The molecule has 0 unspecified atom stereocenters. The smallest absolute Gasteiger partial charge is 0.309 e. The van der Waals surface area contributed by atoms with E-state index in [-0.39, 0.29) is 53.1 Å². The summed E-state index contributed by atoms with van der Waals surface area (Å²) in [5, 5.41) is 0.162. The van der Waals surface area contributed by atoms with Crippen molar-refractivity contribution in [1.82, 2.24) is 4.31 Å². The van der Waals surface area contributed by atoms with Crippen LogP contribution in [-0.4, -0.2) is 45.0 Å². The molecule has 0 radical (unpaired) electrons. The van der Waals surface area contributed by atoms with Gasteiger partial charge in [-0.25, -0.2) is 8.42 Å². The maximum absolute atomic E-state index is 12.9. The Bertz CT molecular complexity index is 984. The van der Waals surface area contributed by atoms with Gasteiger partial charge >= 0.3 is 5.97 Å². The molecular weight excluding hydrogens is 449 g/mol. The minimum Gasteiger partial charge on any atom is -0.490 e. The van der Waals surface area contributed by atoms with Crippen LogP contribution in [0.4, 0.5) is 0 Å². The van der Waals surface area contributed by atoms with E-state index >= 15 is 0 Å². The molecule has 0 amide bonds. The summed E-state index contributed by atoms with van der Waals surface area (Å²) in [5.41, 5.74) is 1.01. The van der Waals surface area contributed by atoms with E-state index in [9.17, 15) is 13.2 Å². The van der Waals surface area contributed by atoms with E-state index in [1.54, 1.807) is 6.07 Å². The van der Waals surface area contributed by atoms with Crippen molar-refractivity contribution in [3.63, 3.8) is 0 Å². The summed E-state index contributed by atoms with van der Waals surface area (Å²) in [7, 11) is -3.83. The number of ether oxygens (including phenoxy) is 2. The minimum absolute atomic E-state index is 0.0812. The average Bonchev–Trinajstić information content (AvgIpc) is 2.72. The van der Waals surface area contributed by atoms with Gasteiger partial charge in [-0.1, -0.05) is 47.5 Å². The first kappa shape index (κ1) is 22.9. The molecule has 3 rings (SSSR count). The maximum atomic E-state index is 12.9. The van der Waals surface area contributed by atoms with Crippen LogP contribution < -0.4 is 4.74 Å². The second-order valence-corrected chi connectivity index (χ2v) is 9.70. The molecule has 0 N–H and O–H groups in total. The highest BCUT2D eigenvalue weighted by Crippen LogP contribution is 2.33. The number of benzene rings is 2. The molecule has 2 aromatic rings. The molecule has 1 aliphatic rings. The van der Waals surface area contributed by atoms with Crippen LogP contribution in [0.15, 0.2) is 47.4 Å². The molecule has 2 aromatic carbocycles. The van der Waals surface area contributed by atoms with Crippen LogP contribution in [-0.2, 0) is 19.6 Å². The summed E-state index contributed by atoms with van der Waals surface area (Å²) in [6.07, 6.45) is 0.748. The molecule has 0 saturated carbocycles. The maximum Gasteiger partial charge on any atom is 0.309 e. The molecule has 0 spiro atoms. The molecule has 9 heteroatoms. The van der Waals surface area contributed by atoms with Crippen molar-refractivity contribution in [1.29, 1.82) is 0 Å². The number of nitrogens with zero attached hydrogens (tertiary/aromatic N) is 1. The predicted molar refractivity (Wildman–Crippen MR) is 116 cm³/mol. The van der Waals surface area contributed by atoms with Crippen molar-refractivity contribution < 1.29 is 22.7 Å². The van der Waals surface area contributed by atoms with Crippen molar-refractivity contribution in [2.24, 2.45) is 5.92 Å². The van der Waals surface area contributed by atoms with Gasteiger partial charge < -0.3 is 9.47 Å². The minimum atomic E-state index is -3.83. The molecule has 30 heavy (non-hydrogen) atoms. The molecule has 0 aromatic heterocycles. The first-order valence-corrected chi connectivity index (χ1v) is 11.8. The van der Waals surface area contributed by atoms with Crippen molar-refractivity contribution >= 4 is 39.2 Å². The van der Waals surface area contributed by atoms with Crippen LogP contribution in [0.5, 0.6) is 5.75 Å². The molecule has 162 valence electrons. The lowest BCUT2D eigenvalue weighted by Gasteiger charge is -2.30. The van der Waals surface area contributed by atoms with Gasteiger partial charge in [-0.15, -0.1) is 0 Å². The lowest BCUT2D eigenvalue weighted by Crippen LogP contribution is -2.41. The Hall–Kier alpha value is -1.80. The van der Waals surface area contributed by atoms with Crippen molar-refractivity contribution in [2.45, 2.75) is 24.7 Å². The fraction of sp³-hybridized carbons (Fsp3) is 0.381. The second-order valence-electron chi connectivity index (χ2n) is 7.01. The summed E-state index contributed by atoms with van der Waals surface area (Å²) in [4.78, 5) is 12.2. The first-order chi connectivity index (χ1) is 14.3. The largest absolute Gasteiger partial charge is 0.490 e. The van der Waals surface area contributed by atoms with E-state index in [2.05, 4.69) is 0 Å². The lowest BCUT2D eigenvalue weighted by atomic mass is 9.98. The SMILES string of the molecule is Cc1ccccc1OCCOC(=O)C1CCN(S(=O)(=O)c2c(Cl)cccc2Cl)CC1. The number of hydrogen-bond acceptors (Lipinski definition) is 5. The lowest BCUT2D eigenvalue weighted by molar-refractivity contribution is -0.150.